The zero-order valence-corrected chi connectivity index (χ0v) is 12.1. The van der Waals surface area contributed by atoms with E-state index >= 15 is 0 Å². The molecule has 1 saturated heterocycles. The molecule has 1 N–H and O–H groups in total. The van der Waals surface area contributed by atoms with Crippen molar-refractivity contribution in [1.29, 1.82) is 0 Å². The van der Waals surface area contributed by atoms with Crippen LogP contribution in [0.15, 0.2) is 24.3 Å². The molecule has 1 aromatic rings. The SMILES string of the molecule is Cc1cccc(OCCCC(=O)NCC2CCCO2)c1. The first-order chi connectivity index (χ1) is 9.74. The number of carbonyl (C=O) groups excluding carboxylic acids is 1. The van der Waals surface area contributed by atoms with Crippen molar-refractivity contribution in [2.45, 2.75) is 38.7 Å². The van der Waals surface area contributed by atoms with Crippen LogP contribution in [0, 0.1) is 6.92 Å². The molecular weight excluding hydrogens is 254 g/mol. The summed E-state index contributed by atoms with van der Waals surface area (Å²) in [4.78, 5) is 11.6. The fourth-order valence-electron chi connectivity index (χ4n) is 2.25. The van der Waals surface area contributed by atoms with Crippen LogP contribution in [0.3, 0.4) is 0 Å². The van der Waals surface area contributed by atoms with E-state index in [1.165, 1.54) is 5.56 Å². The Morgan fingerprint density at radius 1 is 1.50 bits per heavy atom. The predicted molar refractivity (Wildman–Crippen MR) is 77.9 cm³/mol. The van der Waals surface area contributed by atoms with Gasteiger partial charge in [0.1, 0.15) is 5.75 Å². The van der Waals surface area contributed by atoms with Crippen molar-refractivity contribution < 1.29 is 14.3 Å². The summed E-state index contributed by atoms with van der Waals surface area (Å²) in [5.74, 6) is 0.943. The third kappa shape index (κ3) is 5.21. The second-order valence-electron chi connectivity index (χ2n) is 5.21. The first kappa shape index (κ1) is 14.9. The summed E-state index contributed by atoms with van der Waals surface area (Å²) in [6, 6.07) is 7.94. The van der Waals surface area contributed by atoms with Crippen molar-refractivity contribution >= 4 is 5.91 Å². The molecule has 110 valence electrons. The Morgan fingerprint density at radius 3 is 3.15 bits per heavy atom. The normalized spacial score (nSPS) is 17.9. The zero-order chi connectivity index (χ0) is 14.2. The Bertz CT molecular complexity index is 427. The van der Waals surface area contributed by atoms with Crippen LogP contribution in [0.25, 0.3) is 0 Å². The molecule has 0 saturated carbocycles. The molecule has 1 aliphatic heterocycles. The van der Waals surface area contributed by atoms with Crippen LogP contribution < -0.4 is 10.1 Å². The molecular formula is C16H23NO3. The van der Waals surface area contributed by atoms with Crippen LogP contribution in [-0.2, 0) is 9.53 Å². The van der Waals surface area contributed by atoms with Crippen molar-refractivity contribution in [2.75, 3.05) is 19.8 Å². The fourth-order valence-corrected chi connectivity index (χ4v) is 2.25. The number of ether oxygens (including phenoxy) is 2. The lowest BCUT2D eigenvalue weighted by Gasteiger charge is -2.11. The summed E-state index contributed by atoms with van der Waals surface area (Å²) in [6.45, 7) is 4.06. The number of amides is 1. The Balaban J connectivity index is 1.55. The average Bonchev–Trinajstić information content (AvgIpc) is 2.95. The van der Waals surface area contributed by atoms with Gasteiger partial charge in [-0.25, -0.2) is 0 Å². The molecule has 1 unspecified atom stereocenters. The van der Waals surface area contributed by atoms with Crippen LogP contribution in [0.1, 0.15) is 31.2 Å². The van der Waals surface area contributed by atoms with Gasteiger partial charge in [-0.3, -0.25) is 4.79 Å². The minimum atomic E-state index is 0.0772. The molecule has 4 nitrogen and oxygen atoms in total. The molecule has 2 rings (SSSR count). The second kappa shape index (κ2) is 7.90. The molecule has 1 amide bonds. The monoisotopic (exact) mass is 277 g/mol. The molecule has 0 radical (unpaired) electrons. The van der Waals surface area contributed by atoms with Crippen LogP contribution in [0.4, 0.5) is 0 Å². The molecule has 0 aromatic heterocycles. The maximum Gasteiger partial charge on any atom is 0.220 e. The van der Waals surface area contributed by atoms with Crippen LogP contribution in [0.2, 0.25) is 0 Å². The Hall–Kier alpha value is -1.55. The van der Waals surface area contributed by atoms with E-state index in [9.17, 15) is 4.79 Å². The van der Waals surface area contributed by atoms with Gasteiger partial charge in [-0.1, -0.05) is 12.1 Å². The largest absolute Gasteiger partial charge is 0.494 e. The zero-order valence-electron chi connectivity index (χ0n) is 12.1. The smallest absolute Gasteiger partial charge is 0.220 e. The number of hydrogen-bond donors (Lipinski definition) is 1. The van der Waals surface area contributed by atoms with Crippen LogP contribution in [-0.4, -0.2) is 31.8 Å². The van der Waals surface area contributed by atoms with Gasteiger partial charge in [0, 0.05) is 19.6 Å². The fraction of sp³-hybridized carbons (Fsp3) is 0.562. The highest BCUT2D eigenvalue weighted by Crippen LogP contribution is 2.13. The molecule has 1 heterocycles. The maximum atomic E-state index is 11.6. The highest BCUT2D eigenvalue weighted by Gasteiger charge is 2.15. The molecule has 4 heteroatoms. The van der Waals surface area contributed by atoms with Gasteiger partial charge < -0.3 is 14.8 Å². The third-order valence-electron chi connectivity index (χ3n) is 3.36. The highest BCUT2D eigenvalue weighted by atomic mass is 16.5. The van der Waals surface area contributed by atoms with E-state index in [4.69, 9.17) is 9.47 Å². The molecule has 0 spiro atoms. The molecule has 20 heavy (non-hydrogen) atoms. The quantitative estimate of drug-likeness (QED) is 0.779. The van der Waals surface area contributed by atoms with E-state index in [2.05, 4.69) is 5.32 Å². The minimum absolute atomic E-state index is 0.0772. The van der Waals surface area contributed by atoms with Gasteiger partial charge in [-0.05, 0) is 43.9 Å². The second-order valence-corrected chi connectivity index (χ2v) is 5.21. The number of rotatable bonds is 7. The number of carbonyl (C=O) groups is 1. The van der Waals surface area contributed by atoms with Gasteiger partial charge >= 0.3 is 0 Å². The van der Waals surface area contributed by atoms with Crippen molar-refractivity contribution in [3.63, 3.8) is 0 Å². The summed E-state index contributed by atoms with van der Waals surface area (Å²) < 4.78 is 11.1. The number of aryl methyl sites for hydroxylation is 1. The van der Waals surface area contributed by atoms with Crippen LogP contribution >= 0.6 is 0 Å². The van der Waals surface area contributed by atoms with Gasteiger partial charge in [0.15, 0.2) is 0 Å². The highest BCUT2D eigenvalue weighted by molar-refractivity contribution is 5.75. The minimum Gasteiger partial charge on any atom is -0.494 e. The van der Waals surface area contributed by atoms with E-state index in [0.717, 1.165) is 31.6 Å². The average molecular weight is 277 g/mol. The topological polar surface area (TPSA) is 47.6 Å². The van der Waals surface area contributed by atoms with Crippen LogP contribution in [0.5, 0.6) is 5.75 Å². The predicted octanol–water partition coefficient (Wildman–Crippen LogP) is 2.45. The van der Waals surface area contributed by atoms with Crippen molar-refractivity contribution in [3.8, 4) is 5.75 Å². The number of benzene rings is 1. The van der Waals surface area contributed by atoms with Gasteiger partial charge in [-0.15, -0.1) is 0 Å². The number of hydrogen-bond acceptors (Lipinski definition) is 3. The molecule has 0 bridgehead atoms. The summed E-state index contributed by atoms with van der Waals surface area (Å²) in [5, 5.41) is 2.91. The van der Waals surface area contributed by atoms with Gasteiger partial charge in [0.25, 0.3) is 0 Å². The summed E-state index contributed by atoms with van der Waals surface area (Å²) in [5.41, 5.74) is 1.18. The van der Waals surface area contributed by atoms with E-state index in [-0.39, 0.29) is 12.0 Å². The summed E-state index contributed by atoms with van der Waals surface area (Å²) >= 11 is 0. The lowest BCUT2D eigenvalue weighted by Crippen LogP contribution is -2.31. The number of nitrogens with one attached hydrogen (secondary N) is 1. The molecule has 1 aliphatic rings. The molecule has 0 aliphatic carbocycles. The van der Waals surface area contributed by atoms with Crippen molar-refractivity contribution in [3.05, 3.63) is 29.8 Å². The standard InChI is InChI=1S/C16H23NO3/c1-13-5-2-6-14(11-13)19-10-4-8-16(18)17-12-15-7-3-9-20-15/h2,5-6,11,15H,3-4,7-10,12H2,1H3,(H,17,18). The van der Waals surface area contributed by atoms with Gasteiger partial charge in [0.2, 0.25) is 5.91 Å². The molecule has 1 atom stereocenters. The van der Waals surface area contributed by atoms with E-state index in [0.29, 0.717) is 19.6 Å². The Labute approximate surface area is 120 Å². The summed E-state index contributed by atoms with van der Waals surface area (Å²) in [6.07, 6.45) is 3.59. The lowest BCUT2D eigenvalue weighted by molar-refractivity contribution is -0.121. The summed E-state index contributed by atoms with van der Waals surface area (Å²) in [7, 11) is 0. The molecule has 1 aromatic carbocycles. The first-order valence-corrected chi connectivity index (χ1v) is 7.32. The van der Waals surface area contributed by atoms with Crippen molar-refractivity contribution in [1.82, 2.24) is 5.32 Å². The third-order valence-corrected chi connectivity index (χ3v) is 3.36. The van der Waals surface area contributed by atoms with E-state index in [1.54, 1.807) is 0 Å². The van der Waals surface area contributed by atoms with Gasteiger partial charge in [-0.2, -0.15) is 0 Å². The Morgan fingerprint density at radius 2 is 2.40 bits per heavy atom. The Kier molecular flexibility index (Phi) is 5.87. The van der Waals surface area contributed by atoms with Gasteiger partial charge in [0.05, 0.1) is 12.7 Å². The van der Waals surface area contributed by atoms with E-state index < -0.39 is 0 Å². The lowest BCUT2D eigenvalue weighted by atomic mass is 10.2. The van der Waals surface area contributed by atoms with E-state index in [1.807, 2.05) is 31.2 Å². The maximum absolute atomic E-state index is 11.6. The first-order valence-electron chi connectivity index (χ1n) is 7.32. The molecule has 1 fully saturated rings. The van der Waals surface area contributed by atoms with Crippen molar-refractivity contribution in [2.24, 2.45) is 0 Å².